The number of carbonyl (C=O) groups is 2. The summed E-state index contributed by atoms with van der Waals surface area (Å²) >= 11 is 12.3. The first-order chi connectivity index (χ1) is 19.5. The average Bonchev–Trinajstić information content (AvgIpc) is 2.94. The molecule has 220 valence electrons. The van der Waals surface area contributed by atoms with Gasteiger partial charge in [-0.05, 0) is 86.5 Å². The average molecular weight is 625 g/mol. The Labute approximate surface area is 250 Å². The van der Waals surface area contributed by atoms with Crippen molar-refractivity contribution in [1.29, 1.82) is 0 Å². The molecular formula is C29H32Cl2FN3O5S. The third-order valence-electron chi connectivity index (χ3n) is 6.19. The van der Waals surface area contributed by atoms with Crippen LogP contribution in [0.2, 0.25) is 10.0 Å². The van der Waals surface area contributed by atoms with Crippen LogP contribution in [0.3, 0.4) is 0 Å². The second kappa shape index (κ2) is 14.5. The molecule has 3 aromatic rings. The molecule has 0 aliphatic rings. The number of likely N-dealkylation sites (N-methyl/N-ethyl adjacent to an activating group) is 1. The summed E-state index contributed by atoms with van der Waals surface area (Å²) < 4.78 is 47.7. The number of nitrogens with zero attached hydrogens (tertiary/aromatic N) is 2. The minimum absolute atomic E-state index is 0.0287. The first-order valence-corrected chi connectivity index (χ1v) is 15.2. The molecule has 12 heteroatoms. The minimum Gasteiger partial charge on any atom is -0.494 e. The van der Waals surface area contributed by atoms with Gasteiger partial charge < -0.3 is 15.0 Å². The number of sulfonamides is 1. The maximum Gasteiger partial charge on any atom is 0.264 e. The zero-order chi connectivity index (χ0) is 30.2. The second-order valence-electron chi connectivity index (χ2n) is 8.98. The van der Waals surface area contributed by atoms with Gasteiger partial charge in [-0.3, -0.25) is 13.9 Å². The normalized spacial score (nSPS) is 12.0. The van der Waals surface area contributed by atoms with Crippen molar-refractivity contribution < 1.29 is 27.1 Å². The Morgan fingerprint density at radius 3 is 2.17 bits per heavy atom. The van der Waals surface area contributed by atoms with Gasteiger partial charge in [0.15, 0.2) is 0 Å². The van der Waals surface area contributed by atoms with E-state index in [4.69, 9.17) is 27.9 Å². The smallest absolute Gasteiger partial charge is 0.264 e. The number of amides is 2. The summed E-state index contributed by atoms with van der Waals surface area (Å²) in [7, 11) is -4.33. The molecule has 0 saturated heterocycles. The van der Waals surface area contributed by atoms with Gasteiger partial charge in [0, 0.05) is 13.1 Å². The van der Waals surface area contributed by atoms with E-state index in [1.165, 1.54) is 17.0 Å². The standard InChI is InChI=1S/C29H32Cl2FN3O5S/c1-4-27(29(37)33-5-2)34(18-20-7-16-25(30)26(31)17-20)28(36)19-35(22-10-12-23(13-11-22)40-6-3)41(38,39)24-14-8-21(32)9-15-24/h7-17,27H,4-6,18-19H2,1-3H3,(H,33,37)/t27-/m0/s1. The molecule has 3 aromatic carbocycles. The van der Waals surface area contributed by atoms with Gasteiger partial charge in [0.2, 0.25) is 11.8 Å². The summed E-state index contributed by atoms with van der Waals surface area (Å²) in [5.41, 5.74) is 0.788. The van der Waals surface area contributed by atoms with Crippen LogP contribution in [0.15, 0.2) is 71.6 Å². The molecule has 0 bridgehead atoms. The van der Waals surface area contributed by atoms with Gasteiger partial charge in [0.05, 0.1) is 27.2 Å². The van der Waals surface area contributed by atoms with Crippen molar-refractivity contribution in [2.24, 2.45) is 0 Å². The van der Waals surface area contributed by atoms with Crippen LogP contribution in [0.5, 0.6) is 5.75 Å². The quantitative estimate of drug-likeness (QED) is 0.265. The lowest BCUT2D eigenvalue weighted by Gasteiger charge is -2.33. The number of halogens is 3. The van der Waals surface area contributed by atoms with E-state index in [-0.39, 0.29) is 34.5 Å². The van der Waals surface area contributed by atoms with E-state index in [0.717, 1.165) is 28.6 Å². The van der Waals surface area contributed by atoms with Crippen LogP contribution in [0.25, 0.3) is 0 Å². The Balaban J connectivity index is 2.07. The number of benzene rings is 3. The van der Waals surface area contributed by atoms with Gasteiger partial charge in [-0.15, -0.1) is 0 Å². The van der Waals surface area contributed by atoms with Gasteiger partial charge in [-0.2, -0.15) is 0 Å². The summed E-state index contributed by atoms with van der Waals surface area (Å²) in [4.78, 5) is 28.1. The Morgan fingerprint density at radius 2 is 1.61 bits per heavy atom. The van der Waals surface area contributed by atoms with Crippen molar-refractivity contribution in [3.05, 3.63) is 88.2 Å². The van der Waals surface area contributed by atoms with Crippen molar-refractivity contribution in [1.82, 2.24) is 10.2 Å². The fraction of sp³-hybridized carbons (Fsp3) is 0.310. The van der Waals surface area contributed by atoms with Crippen molar-refractivity contribution in [2.45, 2.75) is 44.7 Å². The lowest BCUT2D eigenvalue weighted by molar-refractivity contribution is -0.140. The number of rotatable bonds is 13. The molecule has 0 unspecified atom stereocenters. The molecule has 2 amide bonds. The summed E-state index contributed by atoms with van der Waals surface area (Å²) in [5.74, 6) is -1.09. The summed E-state index contributed by atoms with van der Waals surface area (Å²) in [6.45, 7) is 5.44. The Kier molecular flexibility index (Phi) is 11.4. The number of carbonyl (C=O) groups excluding carboxylic acids is 2. The topological polar surface area (TPSA) is 96.0 Å². The third kappa shape index (κ3) is 8.12. The van der Waals surface area contributed by atoms with Crippen LogP contribution < -0.4 is 14.4 Å². The SMILES string of the molecule is CCNC(=O)[C@H](CC)N(Cc1ccc(Cl)c(Cl)c1)C(=O)CN(c1ccc(OCC)cc1)S(=O)(=O)c1ccc(F)cc1. The van der Waals surface area contributed by atoms with Gasteiger partial charge >= 0.3 is 0 Å². The molecule has 0 heterocycles. The van der Waals surface area contributed by atoms with Crippen molar-refractivity contribution >= 4 is 50.7 Å². The third-order valence-corrected chi connectivity index (χ3v) is 8.72. The molecule has 3 rings (SSSR count). The number of ether oxygens (including phenoxy) is 1. The zero-order valence-electron chi connectivity index (χ0n) is 22.9. The summed E-state index contributed by atoms with van der Waals surface area (Å²) in [6, 6.07) is 14.5. The van der Waals surface area contributed by atoms with E-state index in [9.17, 15) is 22.4 Å². The lowest BCUT2D eigenvalue weighted by atomic mass is 10.1. The summed E-state index contributed by atoms with van der Waals surface area (Å²) in [5, 5.41) is 3.35. The predicted octanol–water partition coefficient (Wildman–Crippen LogP) is 5.67. The largest absolute Gasteiger partial charge is 0.494 e. The molecule has 0 fully saturated rings. The number of hydrogen-bond donors (Lipinski definition) is 1. The number of anilines is 1. The van der Waals surface area contributed by atoms with Crippen LogP contribution in [0.4, 0.5) is 10.1 Å². The molecule has 41 heavy (non-hydrogen) atoms. The molecule has 0 aromatic heterocycles. The molecule has 8 nitrogen and oxygen atoms in total. The Morgan fingerprint density at radius 1 is 0.951 bits per heavy atom. The van der Waals surface area contributed by atoms with E-state index in [0.29, 0.717) is 29.5 Å². The van der Waals surface area contributed by atoms with Gasteiger partial charge in [0.25, 0.3) is 10.0 Å². The van der Waals surface area contributed by atoms with Crippen LogP contribution in [-0.2, 0) is 26.2 Å². The highest BCUT2D eigenvalue weighted by Gasteiger charge is 2.33. The van der Waals surface area contributed by atoms with E-state index >= 15 is 0 Å². The molecule has 0 spiro atoms. The van der Waals surface area contributed by atoms with Crippen molar-refractivity contribution in [2.75, 3.05) is 24.0 Å². The molecular weight excluding hydrogens is 592 g/mol. The highest BCUT2D eigenvalue weighted by molar-refractivity contribution is 7.92. The highest BCUT2D eigenvalue weighted by atomic mass is 35.5. The van der Waals surface area contributed by atoms with Crippen LogP contribution in [0, 0.1) is 5.82 Å². The van der Waals surface area contributed by atoms with Gasteiger partial charge in [-0.1, -0.05) is 36.2 Å². The summed E-state index contributed by atoms with van der Waals surface area (Å²) in [6.07, 6.45) is 0.270. The molecule has 0 aliphatic carbocycles. The molecule has 0 aliphatic heterocycles. The van der Waals surface area contributed by atoms with Crippen molar-refractivity contribution in [3.63, 3.8) is 0 Å². The monoisotopic (exact) mass is 623 g/mol. The van der Waals surface area contributed by atoms with E-state index in [1.54, 1.807) is 44.2 Å². The first-order valence-electron chi connectivity index (χ1n) is 13.0. The van der Waals surface area contributed by atoms with E-state index < -0.39 is 34.3 Å². The van der Waals surface area contributed by atoms with Crippen LogP contribution >= 0.6 is 23.2 Å². The van der Waals surface area contributed by atoms with Crippen molar-refractivity contribution in [3.8, 4) is 5.75 Å². The van der Waals surface area contributed by atoms with E-state index in [2.05, 4.69) is 5.32 Å². The molecule has 1 N–H and O–H groups in total. The van der Waals surface area contributed by atoms with E-state index in [1.807, 2.05) is 6.92 Å². The fourth-order valence-corrected chi connectivity index (χ4v) is 5.92. The fourth-order valence-electron chi connectivity index (χ4n) is 4.18. The van der Waals surface area contributed by atoms with Crippen LogP contribution in [0.1, 0.15) is 32.8 Å². The lowest BCUT2D eigenvalue weighted by Crippen LogP contribution is -2.52. The maximum absolute atomic E-state index is 14.0. The highest BCUT2D eigenvalue weighted by Crippen LogP contribution is 2.28. The Hall–Kier alpha value is -3.34. The Bertz CT molecular complexity index is 1450. The second-order valence-corrected chi connectivity index (χ2v) is 11.7. The number of hydrogen-bond acceptors (Lipinski definition) is 5. The van der Waals surface area contributed by atoms with Gasteiger partial charge in [0.1, 0.15) is 24.2 Å². The minimum atomic E-state index is -4.33. The molecule has 0 radical (unpaired) electrons. The molecule has 1 atom stereocenters. The first kappa shape index (κ1) is 32.2. The number of nitrogens with one attached hydrogen (secondary N) is 1. The predicted molar refractivity (Wildman–Crippen MR) is 158 cm³/mol. The maximum atomic E-state index is 14.0. The van der Waals surface area contributed by atoms with Gasteiger partial charge in [-0.25, -0.2) is 12.8 Å². The zero-order valence-corrected chi connectivity index (χ0v) is 25.3. The molecule has 0 saturated carbocycles. The van der Waals surface area contributed by atoms with Crippen LogP contribution in [-0.4, -0.2) is 50.9 Å².